The van der Waals surface area contributed by atoms with Crippen molar-refractivity contribution in [1.82, 2.24) is 4.98 Å². The average Bonchev–Trinajstić information content (AvgIpc) is 3.44. The SMILES string of the molecule is O=C(c1ccc(-c2ccc(Nc3nc4ccc(Cl)cc4o3)c(F)c2)cc1)C1CCCC1. The molecule has 1 fully saturated rings. The number of anilines is 2. The standard InChI is InChI=1S/C25H20ClFN2O2/c26-19-10-12-22-23(14-19)31-25(29-22)28-21-11-9-18(13-20(21)27)15-5-7-17(8-6-15)24(30)16-3-1-2-4-16/h5-14,16H,1-4H2,(H,28,29). The Hall–Kier alpha value is -3.18. The number of hydrogen-bond acceptors (Lipinski definition) is 4. The van der Waals surface area contributed by atoms with Crippen LogP contribution in [0.25, 0.3) is 22.2 Å². The molecule has 0 unspecified atom stereocenters. The normalized spacial score (nSPS) is 14.3. The third-order valence-electron chi connectivity index (χ3n) is 5.79. The molecule has 0 atom stereocenters. The van der Waals surface area contributed by atoms with Gasteiger partial charge in [-0.15, -0.1) is 0 Å². The second-order valence-corrected chi connectivity index (χ2v) is 8.31. The highest BCUT2D eigenvalue weighted by atomic mass is 35.5. The number of carbonyl (C=O) groups is 1. The van der Waals surface area contributed by atoms with Crippen LogP contribution in [0.4, 0.5) is 16.1 Å². The molecule has 4 nitrogen and oxygen atoms in total. The Morgan fingerprint density at radius 1 is 1.00 bits per heavy atom. The van der Waals surface area contributed by atoms with Crippen molar-refractivity contribution in [3.05, 3.63) is 77.1 Å². The van der Waals surface area contributed by atoms with Crippen LogP contribution in [0.2, 0.25) is 5.02 Å². The van der Waals surface area contributed by atoms with Crippen molar-refractivity contribution in [3.63, 3.8) is 0 Å². The number of halogens is 2. The lowest BCUT2D eigenvalue weighted by Gasteiger charge is -2.10. The van der Waals surface area contributed by atoms with E-state index in [-0.39, 0.29) is 23.4 Å². The molecule has 156 valence electrons. The predicted octanol–water partition coefficient (Wildman–Crippen LogP) is 7.40. The fourth-order valence-corrected chi connectivity index (χ4v) is 4.28. The van der Waals surface area contributed by atoms with Gasteiger partial charge < -0.3 is 9.73 Å². The molecule has 1 aliphatic carbocycles. The summed E-state index contributed by atoms with van der Waals surface area (Å²) in [6, 6.07) is 17.6. The minimum Gasteiger partial charge on any atom is -0.423 e. The molecule has 6 heteroatoms. The number of fused-ring (bicyclic) bond motifs is 1. The molecule has 0 amide bonds. The van der Waals surface area contributed by atoms with Gasteiger partial charge in [0.2, 0.25) is 0 Å². The van der Waals surface area contributed by atoms with Gasteiger partial charge in [-0.1, -0.05) is 54.8 Å². The van der Waals surface area contributed by atoms with Crippen molar-refractivity contribution in [1.29, 1.82) is 0 Å². The van der Waals surface area contributed by atoms with Crippen LogP contribution in [0.3, 0.4) is 0 Å². The summed E-state index contributed by atoms with van der Waals surface area (Å²) in [6.45, 7) is 0. The average molecular weight is 435 g/mol. The minimum atomic E-state index is -0.427. The lowest BCUT2D eigenvalue weighted by molar-refractivity contribution is 0.0923. The smallest absolute Gasteiger partial charge is 0.300 e. The molecule has 3 aromatic carbocycles. The molecule has 1 heterocycles. The molecule has 0 radical (unpaired) electrons. The molecule has 0 bridgehead atoms. The van der Waals surface area contributed by atoms with Crippen LogP contribution in [0.1, 0.15) is 36.0 Å². The van der Waals surface area contributed by atoms with E-state index < -0.39 is 5.82 Å². The van der Waals surface area contributed by atoms with Crippen LogP contribution in [-0.4, -0.2) is 10.8 Å². The van der Waals surface area contributed by atoms with Crippen molar-refractivity contribution in [2.45, 2.75) is 25.7 Å². The molecule has 4 aromatic rings. The van der Waals surface area contributed by atoms with Crippen LogP contribution in [0, 0.1) is 11.7 Å². The van der Waals surface area contributed by atoms with Gasteiger partial charge >= 0.3 is 0 Å². The Kier molecular flexibility index (Phi) is 5.20. The van der Waals surface area contributed by atoms with Crippen molar-refractivity contribution in [3.8, 4) is 11.1 Å². The highest BCUT2D eigenvalue weighted by Crippen LogP contribution is 2.31. The minimum absolute atomic E-state index is 0.150. The van der Waals surface area contributed by atoms with E-state index in [4.69, 9.17) is 16.0 Å². The summed E-state index contributed by atoms with van der Waals surface area (Å²) in [7, 11) is 0. The second kappa shape index (κ2) is 8.16. The summed E-state index contributed by atoms with van der Waals surface area (Å²) in [5, 5.41) is 3.42. The number of benzene rings is 3. The number of oxazole rings is 1. The zero-order valence-electron chi connectivity index (χ0n) is 16.7. The van der Waals surface area contributed by atoms with Crippen LogP contribution in [0.15, 0.2) is 65.1 Å². The molecule has 5 rings (SSSR count). The van der Waals surface area contributed by atoms with E-state index in [0.29, 0.717) is 16.1 Å². The van der Waals surface area contributed by atoms with Gasteiger partial charge in [0.05, 0.1) is 5.69 Å². The molecule has 31 heavy (non-hydrogen) atoms. The number of nitrogens with one attached hydrogen (secondary N) is 1. The zero-order valence-corrected chi connectivity index (χ0v) is 17.5. The highest BCUT2D eigenvalue weighted by molar-refractivity contribution is 6.31. The monoisotopic (exact) mass is 434 g/mol. The summed E-state index contributed by atoms with van der Waals surface area (Å²) in [4.78, 5) is 16.9. The molecule has 1 N–H and O–H groups in total. The van der Waals surface area contributed by atoms with E-state index in [2.05, 4.69) is 10.3 Å². The van der Waals surface area contributed by atoms with Gasteiger partial charge in [0.15, 0.2) is 11.4 Å². The number of ketones is 1. The molecule has 0 aliphatic heterocycles. The first kappa shape index (κ1) is 19.8. The van der Waals surface area contributed by atoms with Crippen LogP contribution >= 0.6 is 11.6 Å². The third kappa shape index (κ3) is 4.06. The number of aromatic nitrogens is 1. The molecule has 1 aromatic heterocycles. The number of rotatable bonds is 5. The van der Waals surface area contributed by atoms with Gasteiger partial charge in [0.1, 0.15) is 11.3 Å². The number of carbonyl (C=O) groups excluding carboxylic acids is 1. The quantitative estimate of drug-likeness (QED) is 0.332. The lowest BCUT2D eigenvalue weighted by Crippen LogP contribution is -2.10. The van der Waals surface area contributed by atoms with Gasteiger partial charge in [-0.2, -0.15) is 4.98 Å². The maximum absolute atomic E-state index is 14.7. The van der Waals surface area contributed by atoms with Gasteiger partial charge in [0, 0.05) is 22.6 Å². The van der Waals surface area contributed by atoms with Gasteiger partial charge in [-0.05, 0) is 48.2 Å². The number of nitrogens with zero attached hydrogens (tertiary/aromatic N) is 1. The largest absolute Gasteiger partial charge is 0.423 e. The van der Waals surface area contributed by atoms with Crippen molar-refractivity contribution >= 4 is 40.2 Å². The van der Waals surface area contributed by atoms with Crippen molar-refractivity contribution in [2.75, 3.05) is 5.32 Å². The van der Waals surface area contributed by atoms with E-state index in [1.807, 2.05) is 30.3 Å². The van der Waals surface area contributed by atoms with Crippen LogP contribution < -0.4 is 5.32 Å². The van der Waals surface area contributed by atoms with E-state index in [0.717, 1.165) is 42.4 Å². The molecule has 0 saturated heterocycles. The third-order valence-corrected chi connectivity index (χ3v) is 6.02. The van der Waals surface area contributed by atoms with Crippen LogP contribution in [-0.2, 0) is 0 Å². The molecule has 1 aliphatic rings. The Morgan fingerprint density at radius 3 is 2.48 bits per heavy atom. The first-order chi connectivity index (χ1) is 15.1. The first-order valence-electron chi connectivity index (χ1n) is 10.3. The van der Waals surface area contributed by atoms with E-state index in [9.17, 15) is 9.18 Å². The van der Waals surface area contributed by atoms with E-state index >= 15 is 0 Å². The molecule has 1 saturated carbocycles. The Labute approximate surface area is 184 Å². The fourth-order valence-electron chi connectivity index (χ4n) is 4.11. The Morgan fingerprint density at radius 2 is 1.74 bits per heavy atom. The molecule has 0 spiro atoms. The first-order valence-corrected chi connectivity index (χ1v) is 10.7. The van der Waals surface area contributed by atoms with Gasteiger partial charge in [0.25, 0.3) is 6.01 Å². The summed E-state index contributed by atoms with van der Waals surface area (Å²) >= 11 is 5.96. The van der Waals surface area contributed by atoms with Crippen LogP contribution in [0.5, 0.6) is 0 Å². The molecular weight excluding hydrogens is 415 g/mol. The molecular formula is C25H20ClFN2O2. The fraction of sp³-hybridized carbons (Fsp3) is 0.200. The van der Waals surface area contributed by atoms with Crippen molar-refractivity contribution < 1.29 is 13.6 Å². The summed E-state index contributed by atoms with van der Waals surface area (Å²) in [5.41, 5.74) is 3.73. The summed E-state index contributed by atoms with van der Waals surface area (Å²) in [6.07, 6.45) is 4.22. The Bertz CT molecular complexity index is 1260. The number of hydrogen-bond donors (Lipinski definition) is 1. The maximum atomic E-state index is 14.7. The van der Waals surface area contributed by atoms with E-state index in [1.165, 1.54) is 6.07 Å². The van der Waals surface area contributed by atoms with E-state index in [1.54, 1.807) is 24.3 Å². The zero-order chi connectivity index (χ0) is 21.4. The predicted molar refractivity (Wildman–Crippen MR) is 120 cm³/mol. The summed E-state index contributed by atoms with van der Waals surface area (Å²) in [5.74, 6) is -0.0603. The number of Topliss-reactive ketones (excluding diaryl/α,β-unsaturated/α-hetero) is 1. The van der Waals surface area contributed by atoms with Gasteiger partial charge in [-0.3, -0.25) is 4.79 Å². The highest BCUT2D eigenvalue weighted by Gasteiger charge is 2.23. The van der Waals surface area contributed by atoms with Gasteiger partial charge in [-0.25, -0.2) is 4.39 Å². The van der Waals surface area contributed by atoms with Crippen molar-refractivity contribution in [2.24, 2.45) is 5.92 Å². The summed E-state index contributed by atoms with van der Waals surface area (Å²) < 4.78 is 20.3. The Balaban J connectivity index is 1.34. The lowest BCUT2D eigenvalue weighted by atomic mass is 9.94. The maximum Gasteiger partial charge on any atom is 0.300 e. The topological polar surface area (TPSA) is 55.1 Å². The second-order valence-electron chi connectivity index (χ2n) is 7.87.